The third kappa shape index (κ3) is 3.21. The number of rotatable bonds is 4. The third-order valence-electron chi connectivity index (χ3n) is 3.16. The molecule has 0 saturated heterocycles. The molecule has 3 aromatic rings. The van der Waals surface area contributed by atoms with Gasteiger partial charge in [0, 0.05) is 17.8 Å². The van der Waals surface area contributed by atoms with Crippen LogP contribution in [0, 0.1) is 6.92 Å². The molecule has 0 aliphatic heterocycles. The largest absolute Gasteiger partial charge is 0.306 e. The van der Waals surface area contributed by atoms with E-state index in [0.717, 1.165) is 0 Å². The molecule has 0 aromatic carbocycles. The number of hydrogen-bond acceptors (Lipinski definition) is 5. The van der Waals surface area contributed by atoms with Gasteiger partial charge in [0.15, 0.2) is 0 Å². The number of carbonyl (C=O) groups excluding carboxylic acids is 1. The molecule has 0 saturated carbocycles. The number of aromatic amines is 1. The van der Waals surface area contributed by atoms with Gasteiger partial charge in [0.05, 0.1) is 10.6 Å². The van der Waals surface area contributed by atoms with Crippen molar-refractivity contribution in [2.45, 2.75) is 20.3 Å². The molecule has 0 bridgehead atoms. The van der Waals surface area contributed by atoms with Crippen LogP contribution < -0.4 is 10.9 Å². The normalized spacial score (nSPS) is 10.7. The van der Waals surface area contributed by atoms with Crippen LogP contribution in [0.3, 0.4) is 0 Å². The number of hydrogen-bond donors (Lipinski definition) is 2. The van der Waals surface area contributed by atoms with Gasteiger partial charge in [-0.15, -0.1) is 11.3 Å². The second kappa shape index (κ2) is 6.17. The van der Waals surface area contributed by atoms with E-state index in [1.54, 1.807) is 19.1 Å². The summed E-state index contributed by atoms with van der Waals surface area (Å²) in [7, 11) is 0. The van der Waals surface area contributed by atoms with Crippen LogP contribution in [0.2, 0.25) is 0 Å². The first kappa shape index (κ1) is 15.2. The first-order valence-electron chi connectivity index (χ1n) is 7.09. The first-order chi connectivity index (χ1) is 11.1. The van der Waals surface area contributed by atoms with Crippen molar-refractivity contribution in [2.24, 2.45) is 0 Å². The maximum absolute atomic E-state index is 12.2. The van der Waals surface area contributed by atoms with Crippen molar-refractivity contribution in [2.75, 3.05) is 5.32 Å². The minimum Gasteiger partial charge on any atom is -0.306 e. The Bertz CT molecular complexity index is 895. The standard InChI is InChI=1S/C15H15N5O2S/c1-3-10-8-13(21)18-15(16-10)20-12(7-9(2)19-20)17-14(22)11-5-4-6-23-11/h4-8H,3H2,1-2H3,(H,17,22)(H,16,18,21). The average Bonchev–Trinajstić information content (AvgIpc) is 3.16. The fourth-order valence-electron chi connectivity index (χ4n) is 2.11. The Hall–Kier alpha value is -2.74. The van der Waals surface area contributed by atoms with Gasteiger partial charge in [-0.05, 0) is 24.8 Å². The molecule has 0 aliphatic carbocycles. The Morgan fingerprint density at radius 2 is 2.26 bits per heavy atom. The minimum atomic E-state index is -0.254. The number of aromatic nitrogens is 4. The van der Waals surface area contributed by atoms with Gasteiger partial charge in [0.1, 0.15) is 5.82 Å². The van der Waals surface area contributed by atoms with E-state index in [1.807, 2.05) is 18.4 Å². The highest BCUT2D eigenvalue weighted by atomic mass is 32.1. The summed E-state index contributed by atoms with van der Waals surface area (Å²) in [5.41, 5.74) is 1.11. The van der Waals surface area contributed by atoms with Crippen molar-refractivity contribution in [3.8, 4) is 5.95 Å². The Morgan fingerprint density at radius 3 is 2.96 bits per heavy atom. The summed E-state index contributed by atoms with van der Waals surface area (Å²) in [6.07, 6.45) is 0.633. The lowest BCUT2D eigenvalue weighted by Crippen LogP contribution is -2.18. The molecule has 0 fully saturated rings. The lowest BCUT2D eigenvalue weighted by atomic mass is 10.3. The van der Waals surface area contributed by atoms with E-state index in [0.29, 0.717) is 28.5 Å². The van der Waals surface area contributed by atoms with Crippen LogP contribution in [-0.2, 0) is 6.42 Å². The highest BCUT2D eigenvalue weighted by Crippen LogP contribution is 2.17. The molecular formula is C15H15N5O2S. The van der Waals surface area contributed by atoms with Gasteiger partial charge in [-0.3, -0.25) is 14.6 Å². The molecule has 23 heavy (non-hydrogen) atoms. The quantitative estimate of drug-likeness (QED) is 0.767. The summed E-state index contributed by atoms with van der Waals surface area (Å²) < 4.78 is 1.43. The Morgan fingerprint density at radius 1 is 1.43 bits per heavy atom. The molecule has 0 unspecified atom stereocenters. The van der Waals surface area contributed by atoms with Crippen LogP contribution >= 0.6 is 11.3 Å². The number of thiophene rings is 1. The van der Waals surface area contributed by atoms with Crippen LogP contribution in [0.15, 0.2) is 34.4 Å². The van der Waals surface area contributed by atoms with Crippen molar-refractivity contribution in [1.82, 2.24) is 19.7 Å². The van der Waals surface area contributed by atoms with E-state index in [9.17, 15) is 9.59 Å². The van der Waals surface area contributed by atoms with Crippen LogP contribution in [-0.4, -0.2) is 25.7 Å². The van der Waals surface area contributed by atoms with E-state index >= 15 is 0 Å². The molecule has 0 spiro atoms. The number of aryl methyl sites for hydroxylation is 2. The molecule has 118 valence electrons. The zero-order chi connectivity index (χ0) is 16.4. The fraction of sp³-hybridized carbons (Fsp3) is 0.200. The summed E-state index contributed by atoms with van der Waals surface area (Å²) in [5.74, 6) is 0.511. The third-order valence-corrected chi connectivity index (χ3v) is 4.03. The van der Waals surface area contributed by atoms with Crippen LogP contribution in [0.1, 0.15) is 28.0 Å². The number of nitrogens with one attached hydrogen (secondary N) is 2. The topological polar surface area (TPSA) is 92.7 Å². The van der Waals surface area contributed by atoms with Crippen molar-refractivity contribution in [3.63, 3.8) is 0 Å². The molecule has 3 aromatic heterocycles. The van der Waals surface area contributed by atoms with Gasteiger partial charge in [-0.25, -0.2) is 4.98 Å². The molecule has 1 amide bonds. The van der Waals surface area contributed by atoms with E-state index in [4.69, 9.17) is 0 Å². The number of amides is 1. The van der Waals surface area contributed by atoms with E-state index < -0.39 is 0 Å². The predicted octanol–water partition coefficient (Wildman–Crippen LogP) is 2.14. The highest BCUT2D eigenvalue weighted by molar-refractivity contribution is 7.12. The molecule has 0 atom stereocenters. The molecule has 3 heterocycles. The second-order valence-corrected chi connectivity index (χ2v) is 5.88. The van der Waals surface area contributed by atoms with Crippen molar-refractivity contribution >= 4 is 23.1 Å². The predicted molar refractivity (Wildman–Crippen MR) is 88.4 cm³/mol. The molecular weight excluding hydrogens is 314 g/mol. The van der Waals surface area contributed by atoms with Gasteiger partial charge in [-0.2, -0.15) is 9.78 Å². The molecule has 3 rings (SSSR count). The van der Waals surface area contributed by atoms with Gasteiger partial charge < -0.3 is 5.32 Å². The zero-order valence-corrected chi connectivity index (χ0v) is 13.5. The van der Waals surface area contributed by atoms with E-state index in [-0.39, 0.29) is 17.4 Å². The number of carbonyl (C=O) groups is 1. The second-order valence-electron chi connectivity index (χ2n) is 4.93. The van der Waals surface area contributed by atoms with Gasteiger partial charge >= 0.3 is 0 Å². The first-order valence-corrected chi connectivity index (χ1v) is 7.97. The summed E-state index contributed by atoms with van der Waals surface area (Å²) in [6.45, 7) is 3.72. The number of anilines is 1. The molecule has 7 nitrogen and oxygen atoms in total. The zero-order valence-electron chi connectivity index (χ0n) is 12.7. The maximum Gasteiger partial charge on any atom is 0.266 e. The number of H-pyrrole nitrogens is 1. The minimum absolute atomic E-state index is 0.227. The van der Waals surface area contributed by atoms with E-state index in [1.165, 1.54) is 22.1 Å². The smallest absolute Gasteiger partial charge is 0.266 e. The molecule has 8 heteroatoms. The molecule has 2 N–H and O–H groups in total. The van der Waals surface area contributed by atoms with Crippen molar-refractivity contribution in [1.29, 1.82) is 0 Å². The molecule has 0 radical (unpaired) electrons. The Kier molecular flexibility index (Phi) is 4.07. The van der Waals surface area contributed by atoms with Crippen LogP contribution in [0.25, 0.3) is 5.95 Å². The van der Waals surface area contributed by atoms with Gasteiger partial charge in [-0.1, -0.05) is 13.0 Å². The number of nitrogens with zero attached hydrogens (tertiary/aromatic N) is 3. The Labute approximate surface area is 136 Å². The average molecular weight is 329 g/mol. The summed E-state index contributed by atoms with van der Waals surface area (Å²) in [6, 6.07) is 6.73. The summed E-state index contributed by atoms with van der Waals surface area (Å²) in [4.78, 5) is 31.6. The van der Waals surface area contributed by atoms with Gasteiger partial charge in [0.2, 0.25) is 5.95 Å². The van der Waals surface area contributed by atoms with Crippen LogP contribution in [0.4, 0.5) is 5.82 Å². The van der Waals surface area contributed by atoms with Crippen molar-refractivity contribution in [3.05, 3.63) is 56.3 Å². The monoisotopic (exact) mass is 329 g/mol. The summed E-state index contributed by atoms with van der Waals surface area (Å²) >= 11 is 1.35. The van der Waals surface area contributed by atoms with Crippen molar-refractivity contribution < 1.29 is 4.79 Å². The summed E-state index contributed by atoms with van der Waals surface area (Å²) in [5, 5.41) is 8.94. The lowest BCUT2D eigenvalue weighted by molar-refractivity contribution is 0.103. The highest BCUT2D eigenvalue weighted by Gasteiger charge is 2.14. The Balaban J connectivity index is 1.99. The maximum atomic E-state index is 12.2. The SMILES string of the molecule is CCc1cc(=O)[nH]c(-n2nc(C)cc2NC(=O)c2cccs2)n1. The van der Waals surface area contributed by atoms with Crippen LogP contribution in [0.5, 0.6) is 0 Å². The van der Waals surface area contributed by atoms with Gasteiger partial charge in [0.25, 0.3) is 11.5 Å². The lowest BCUT2D eigenvalue weighted by Gasteiger charge is -2.08. The van der Waals surface area contributed by atoms with E-state index in [2.05, 4.69) is 20.4 Å². The molecule has 0 aliphatic rings. The fourth-order valence-corrected chi connectivity index (χ4v) is 2.73.